The van der Waals surface area contributed by atoms with E-state index in [4.69, 9.17) is 13.6 Å². The van der Waals surface area contributed by atoms with E-state index in [1.54, 1.807) is 12.2 Å². The van der Waals surface area contributed by atoms with E-state index in [0.29, 0.717) is 5.57 Å². The van der Waals surface area contributed by atoms with E-state index in [1.807, 2.05) is 36.4 Å². The van der Waals surface area contributed by atoms with Gasteiger partial charge in [-0.05, 0) is 11.1 Å². The number of carbonyl (C=O) groups is 2. The van der Waals surface area contributed by atoms with Crippen molar-refractivity contribution >= 4 is 18.0 Å². The Kier molecular flexibility index (Phi) is 4.78. The first-order chi connectivity index (χ1) is 13.2. The Hall–Kier alpha value is -2.49. The molecule has 1 aromatic carbocycles. The highest BCUT2D eigenvalue weighted by molar-refractivity contribution is 6.01. The van der Waals surface area contributed by atoms with Gasteiger partial charge in [-0.3, -0.25) is 9.59 Å². The van der Waals surface area contributed by atoms with Crippen LogP contribution in [0.5, 0.6) is 0 Å². The zero-order valence-corrected chi connectivity index (χ0v) is 14.7. The molecule has 0 spiro atoms. The third-order valence-electron chi connectivity index (χ3n) is 4.58. The largest absolute Gasteiger partial charge is 0.468 e. The minimum absolute atomic E-state index is 0.0155. The second-order valence-electron chi connectivity index (χ2n) is 6.19. The van der Waals surface area contributed by atoms with E-state index >= 15 is 0 Å². The van der Waals surface area contributed by atoms with E-state index < -0.39 is 30.1 Å². The average Bonchev–Trinajstić information content (AvgIpc) is 3.06. The fourth-order valence-electron chi connectivity index (χ4n) is 3.26. The second-order valence-corrected chi connectivity index (χ2v) is 6.19. The van der Waals surface area contributed by atoms with Gasteiger partial charge < -0.3 is 9.47 Å². The molecule has 0 radical (unpaired) electrons. The monoisotopic (exact) mass is 344 g/mol. The summed E-state index contributed by atoms with van der Waals surface area (Å²) in [6, 6.07) is 9.62. The molecule has 0 N–H and O–H groups in total. The van der Waals surface area contributed by atoms with Crippen molar-refractivity contribution in [1.29, 1.82) is 0 Å². The lowest BCUT2D eigenvalue weighted by Crippen LogP contribution is -2.39. The minimum Gasteiger partial charge on any atom is -0.468 e. The Bertz CT molecular complexity index is 750. The van der Waals surface area contributed by atoms with Crippen molar-refractivity contribution in [2.75, 3.05) is 14.2 Å². The van der Waals surface area contributed by atoms with E-state index in [9.17, 15) is 9.59 Å². The maximum atomic E-state index is 12.5. The highest BCUT2D eigenvalue weighted by atomic mass is 16.5. The Morgan fingerprint density at radius 3 is 2.44 bits per heavy atom. The second kappa shape index (κ2) is 8.06. The number of hydrogen-bond acceptors (Lipinski definition) is 4. The number of hydrogen-bond donors (Lipinski definition) is 0. The van der Waals surface area contributed by atoms with Crippen LogP contribution >= 0.6 is 0 Å². The maximum Gasteiger partial charge on any atom is 0.323 e. The molecular weight excluding hydrogens is 316 g/mol. The molecule has 1 unspecified atom stereocenters. The molecule has 1 fully saturated rings. The van der Waals surface area contributed by atoms with Gasteiger partial charge in [-0.25, -0.2) is 0 Å². The molecule has 1 aliphatic rings. The molecule has 0 aliphatic heterocycles. The number of carbonyl (C=O) groups excluding carboxylic acids is 2. The molecule has 1 aromatic rings. The lowest BCUT2D eigenvalue weighted by atomic mass is 9.83. The minimum atomic E-state index is -2.30. The van der Waals surface area contributed by atoms with Crippen LogP contribution in [0.4, 0.5) is 0 Å². The lowest BCUT2D eigenvalue weighted by Gasteiger charge is -2.21. The molecule has 0 bridgehead atoms. The standard InChI is InChI=1S/C21H25O4/c1-15(2)18-14-21(19(22)24-3,20(23)25-4)13-17(18)12-8-11-16-9-6-5-7-10-16/h5-12,18H,13-14H2,1-4H3/q+1/b11-8+,17-12+/i1D3. The van der Waals surface area contributed by atoms with Crippen molar-refractivity contribution in [3.8, 4) is 0 Å². The predicted octanol–water partition coefficient (Wildman–Crippen LogP) is 3.98. The van der Waals surface area contributed by atoms with Gasteiger partial charge >= 0.3 is 11.9 Å². The molecule has 1 aliphatic carbocycles. The fraction of sp³-hybridized carbons (Fsp3) is 0.381. The lowest BCUT2D eigenvalue weighted by molar-refractivity contribution is -0.168. The molecule has 4 nitrogen and oxygen atoms in total. The van der Waals surface area contributed by atoms with Gasteiger partial charge in [0.15, 0.2) is 5.41 Å². The van der Waals surface area contributed by atoms with E-state index in [2.05, 4.69) is 0 Å². The average molecular weight is 344 g/mol. The van der Waals surface area contributed by atoms with E-state index in [-0.39, 0.29) is 18.8 Å². The van der Waals surface area contributed by atoms with Crippen LogP contribution in [0.2, 0.25) is 0 Å². The number of ether oxygens (including phenoxy) is 2. The maximum absolute atomic E-state index is 12.5. The van der Waals surface area contributed by atoms with Crippen molar-refractivity contribution in [1.82, 2.24) is 0 Å². The van der Waals surface area contributed by atoms with E-state index in [1.165, 1.54) is 21.1 Å². The molecule has 1 saturated carbocycles. The molecule has 1 atom stereocenters. The van der Waals surface area contributed by atoms with Crippen LogP contribution in [0.3, 0.4) is 0 Å². The van der Waals surface area contributed by atoms with Crippen molar-refractivity contribution in [2.24, 2.45) is 11.3 Å². The van der Waals surface area contributed by atoms with Crippen LogP contribution in [-0.2, 0) is 19.1 Å². The van der Waals surface area contributed by atoms with Gasteiger partial charge in [-0.15, -0.1) is 0 Å². The summed E-state index contributed by atoms with van der Waals surface area (Å²) in [5, 5.41) is 0. The van der Waals surface area contributed by atoms with Crippen LogP contribution in [0.15, 0.2) is 48.1 Å². The highest BCUT2D eigenvalue weighted by Gasteiger charge is 2.58. The third-order valence-corrected chi connectivity index (χ3v) is 4.58. The van der Waals surface area contributed by atoms with Crippen molar-refractivity contribution in [2.45, 2.75) is 26.6 Å². The van der Waals surface area contributed by atoms with Gasteiger partial charge in [-0.2, -0.15) is 0 Å². The van der Waals surface area contributed by atoms with Crippen LogP contribution < -0.4 is 0 Å². The third kappa shape index (κ3) is 3.95. The van der Waals surface area contributed by atoms with Crippen molar-refractivity contribution in [3.63, 3.8) is 0 Å². The Balaban J connectivity index is 2.44. The summed E-state index contributed by atoms with van der Waals surface area (Å²) in [4.78, 5) is 25.0. The molecule has 0 aromatic heterocycles. The Morgan fingerprint density at radius 2 is 1.88 bits per heavy atom. The molecule has 132 valence electrons. The Morgan fingerprint density at radius 1 is 1.24 bits per heavy atom. The van der Waals surface area contributed by atoms with Crippen molar-refractivity contribution < 1.29 is 23.2 Å². The molecule has 25 heavy (non-hydrogen) atoms. The van der Waals surface area contributed by atoms with Gasteiger partial charge in [0.25, 0.3) is 0 Å². The summed E-state index contributed by atoms with van der Waals surface area (Å²) in [6.07, 6.45) is 5.53. The summed E-state index contributed by atoms with van der Waals surface area (Å²) >= 11 is 0. The summed E-state index contributed by atoms with van der Waals surface area (Å²) in [7, 11) is 2.42. The van der Waals surface area contributed by atoms with Crippen LogP contribution in [0.1, 0.15) is 36.3 Å². The normalized spacial score (nSPS) is 22.9. The molecule has 0 saturated heterocycles. The summed E-state index contributed by atoms with van der Waals surface area (Å²) in [5.74, 6) is -1.73. The smallest absolute Gasteiger partial charge is 0.323 e. The number of methoxy groups -OCH3 is 2. The molecule has 4 heteroatoms. The number of allylic oxidation sites excluding steroid dienone is 3. The number of benzene rings is 1. The van der Waals surface area contributed by atoms with Gasteiger partial charge in [0.05, 0.1) is 38.0 Å². The Labute approximate surface area is 153 Å². The van der Waals surface area contributed by atoms with Gasteiger partial charge in [0.1, 0.15) is 5.92 Å². The van der Waals surface area contributed by atoms with Gasteiger partial charge in [0.2, 0.25) is 0 Å². The SMILES string of the molecule is [2H]C([2H])([2H])[C+](C)C1CC(C(=O)OC)(C(=O)OC)C/C1=C\C=C\c1ccccc1. The molecule has 0 amide bonds. The zero-order valence-electron chi connectivity index (χ0n) is 17.7. The van der Waals surface area contributed by atoms with Gasteiger partial charge in [-0.1, -0.05) is 48.6 Å². The summed E-state index contributed by atoms with van der Waals surface area (Å²) in [5.41, 5.74) is 0.141. The van der Waals surface area contributed by atoms with Gasteiger partial charge in [0, 0.05) is 12.8 Å². The molecule has 2 rings (SSSR count). The zero-order chi connectivity index (χ0) is 20.9. The van der Waals surface area contributed by atoms with Crippen LogP contribution in [-0.4, -0.2) is 26.2 Å². The number of rotatable bonds is 5. The topological polar surface area (TPSA) is 52.6 Å². The quantitative estimate of drug-likeness (QED) is 0.460. The first-order valence-electron chi connectivity index (χ1n) is 9.58. The molecule has 0 heterocycles. The first kappa shape index (κ1) is 14.8. The first-order valence-corrected chi connectivity index (χ1v) is 8.08. The predicted molar refractivity (Wildman–Crippen MR) is 97.3 cm³/mol. The summed E-state index contributed by atoms with van der Waals surface area (Å²) in [6.45, 7) is -0.758. The fourth-order valence-corrected chi connectivity index (χ4v) is 3.26. The highest BCUT2D eigenvalue weighted by Crippen LogP contribution is 2.50. The van der Waals surface area contributed by atoms with Crippen molar-refractivity contribution in [3.05, 3.63) is 59.5 Å². The number of esters is 2. The van der Waals surface area contributed by atoms with E-state index in [0.717, 1.165) is 5.56 Å². The van der Waals surface area contributed by atoms with Crippen LogP contribution in [0.25, 0.3) is 6.08 Å². The van der Waals surface area contributed by atoms with Crippen LogP contribution in [0, 0.1) is 17.3 Å². The summed E-state index contributed by atoms with van der Waals surface area (Å²) < 4.78 is 33.0. The molecular formula is C21H25O4+.